The second-order valence-corrected chi connectivity index (χ2v) is 2.89. The molecule has 0 aliphatic carbocycles. The predicted octanol–water partition coefficient (Wildman–Crippen LogP) is 1.54. The van der Waals surface area contributed by atoms with Gasteiger partial charge in [0.05, 0.1) is 0 Å². The van der Waals surface area contributed by atoms with Crippen molar-refractivity contribution in [3.8, 4) is 11.5 Å². The van der Waals surface area contributed by atoms with Gasteiger partial charge in [0.2, 0.25) is 6.79 Å². The quantitative estimate of drug-likeness (QED) is 0.290. The Morgan fingerprint density at radius 2 is 1.67 bits per heavy atom. The molecular weight excluding hydrogens is 408 g/mol. The SMILES string of the molecule is C=[C-]C(=O)OCOc1ccc(OCOC)cc1.[W]. The first-order valence-corrected chi connectivity index (χ1v) is 4.80. The first-order valence-electron chi connectivity index (χ1n) is 4.80. The van der Waals surface area contributed by atoms with Gasteiger partial charge in [0, 0.05) is 28.2 Å². The Kier molecular flexibility index (Phi) is 8.97. The molecule has 0 fully saturated rings. The second kappa shape index (κ2) is 9.68. The molecule has 18 heavy (non-hydrogen) atoms. The van der Waals surface area contributed by atoms with Crippen molar-refractivity contribution in [2.45, 2.75) is 0 Å². The number of hydrogen-bond acceptors (Lipinski definition) is 5. The Morgan fingerprint density at radius 3 is 2.11 bits per heavy atom. The third kappa shape index (κ3) is 6.42. The van der Waals surface area contributed by atoms with E-state index in [0.717, 1.165) is 0 Å². The summed E-state index contributed by atoms with van der Waals surface area (Å²) in [5.41, 5.74) is 0. The summed E-state index contributed by atoms with van der Waals surface area (Å²) in [6.07, 6.45) is 2.06. The van der Waals surface area contributed by atoms with Crippen LogP contribution in [-0.2, 0) is 35.3 Å². The molecule has 0 spiro atoms. The Bertz CT molecular complexity index is 363. The third-order valence-corrected chi connectivity index (χ3v) is 1.73. The van der Waals surface area contributed by atoms with E-state index in [0.29, 0.717) is 11.5 Å². The molecule has 1 rings (SSSR count). The number of ether oxygens (including phenoxy) is 4. The van der Waals surface area contributed by atoms with Gasteiger partial charge in [-0.15, -0.1) is 0 Å². The zero-order valence-corrected chi connectivity index (χ0v) is 12.8. The van der Waals surface area contributed by atoms with Crippen LogP contribution in [0.25, 0.3) is 0 Å². The normalized spacial score (nSPS) is 8.94. The molecule has 0 radical (unpaired) electrons. The number of benzene rings is 1. The smallest absolute Gasteiger partial charge is 0.231 e. The third-order valence-electron chi connectivity index (χ3n) is 1.73. The maximum Gasteiger partial charge on any atom is 0.231 e. The van der Waals surface area contributed by atoms with Crippen molar-refractivity contribution in [1.82, 2.24) is 0 Å². The average molecular weight is 421 g/mol. The molecule has 0 aliphatic rings. The molecule has 6 heteroatoms. The molecular formula is C12H13O5W-. The minimum atomic E-state index is -0.648. The second-order valence-electron chi connectivity index (χ2n) is 2.89. The van der Waals surface area contributed by atoms with Crippen LogP contribution in [0.5, 0.6) is 11.5 Å². The zero-order valence-electron chi connectivity index (χ0n) is 9.88. The van der Waals surface area contributed by atoms with Crippen molar-refractivity contribution in [1.29, 1.82) is 0 Å². The van der Waals surface area contributed by atoms with Crippen LogP contribution in [0.3, 0.4) is 0 Å². The minimum absolute atomic E-state index is 0. The maximum atomic E-state index is 10.7. The van der Waals surface area contributed by atoms with Gasteiger partial charge in [0.25, 0.3) is 0 Å². The number of methoxy groups -OCH3 is 1. The van der Waals surface area contributed by atoms with Gasteiger partial charge in [-0.3, -0.25) is 11.4 Å². The molecule has 0 aromatic heterocycles. The van der Waals surface area contributed by atoms with Crippen LogP contribution in [0.15, 0.2) is 30.8 Å². The standard InChI is InChI=1S/C12H13O5.W/c1-3-12(13)17-9-16-11-6-4-10(5-7-11)15-8-14-2;/h4-7H,1,8-9H2,2H3;/q-1;. The van der Waals surface area contributed by atoms with E-state index in [1.54, 1.807) is 31.4 Å². The van der Waals surface area contributed by atoms with E-state index in [-0.39, 0.29) is 34.7 Å². The Hall–Kier alpha value is -1.32. The van der Waals surface area contributed by atoms with Crippen molar-refractivity contribution in [3.05, 3.63) is 36.9 Å². The first kappa shape index (κ1) is 16.7. The first-order chi connectivity index (χ1) is 8.26. The van der Waals surface area contributed by atoms with Gasteiger partial charge >= 0.3 is 0 Å². The van der Waals surface area contributed by atoms with Crippen molar-refractivity contribution in [3.63, 3.8) is 0 Å². The Labute approximate surface area is 120 Å². The van der Waals surface area contributed by atoms with Gasteiger partial charge in [-0.2, -0.15) is 0 Å². The van der Waals surface area contributed by atoms with Crippen LogP contribution in [0.1, 0.15) is 0 Å². The fraction of sp³-hybridized carbons (Fsp3) is 0.250. The van der Waals surface area contributed by atoms with Crippen LogP contribution in [0, 0.1) is 6.08 Å². The van der Waals surface area contributed by atoms with Gasteiger partial charge in [-0.1, -0.05) is 0 Å². The van der Waals surface area contributed by atoms with E-state index in [1.807, 2.05) is 0 Å². The predicted molar refractivity (Wildman–Crippen MR) is 59.4 cm³/mol. The van der Waals surface area contributed by atoms with Crippen molar-refractivity contribution in [2.24, 2.45) is 0 Å². The van der Waals surface area contributed by atoms with Gasteiger partial charge in [-0.05, 0) is 24.3 Å². The fourth-order valence-corrected chi connectivity index (χ4v) is 0.961. The topological polar surface area (TPSA) is 54.0 Å². The molecule has 0 saturated carbocycles. The van der Waals surface area contributed by atoms with Gasteiger partial charge in [0.1, 0.15) is 11.5 Å². The summed E-state index contributed by atoms with van der Waals surface area (Å²) in [7, 11) is 1.54. The molecule has 0 heterocycles. The summed E-state index contributed by atoms with van der Waals surface area (Å²) < 4.78 is 19.7. The Balaban J connectivity index is 0.00000289. The van der Waals surface area contributed by atoms with Crippen molar-refractivity contribution >= 4 is 5.97 Å². The van der Waals surface area contributed by atoms with E-state index in [1.165, 1.54) is 0 Å². The molecule has 1 aromatic rings. The molecule has 0 aliphatic heterocycles. The fourth-order valence-electron chi connectivity index (χ4n) is 0.961. The zero-order chi connectivity index (χ0) is 12.5. The summed E-state index contributed by atoms with van der Waals surface area (Å²) >= 11 is 0. The van der Waals surface area contributed by atoms with E-state index < -0.39 is 5.97 Å². The van der Waals surface area contributed by atoms with Crippen molar-refractivity contribution < 1.29 is 44.8 Å². The molecule has 0 atom stereocenters. The van der Waals surface area contributed by atoms with Crippen molar-refractivity contribution in [2.75, 3.05) is 20.7 Å². The summed E-state index contributed by atoms with van der Waals surface area (Å²) in [4.78, 5) is 10.7. The number of hydrogen-bond donors (Lipinski definition) is 0. The molecule has 98 valence electrons. The van der Waals surface area contributed by atoms with E-state index >= 15 is 0 Å². The molecule has 5 nitrogen and oxygen atoms in total. The molecule has 0 bridgehead atoms. The van der Waals surface area contributed by atoms with Crippen LogP contribution in [0.4, 0.5) is 0 Å². The van der Waals surface area contributed by atoms with E-state index in [9.17, 15) is 4.79 Å². The van der Waals surface area contributed by atoms with E-state index in [4.69, 9.17) is 14.2 Å². The largest absolute Gasteiger partial charge is 0.468 e. The average Bonchev–Trinajstić information content (AvgIpc) is 2.37. The van der Waals surface area contributed by atoms with Gasteiger partial charge < -0.3 is 25.0 Å². The molecule has 0 saturated heterocycles. The number of carbonyl (C=O) groups is 1. The summed E-state index contributed by atoms with van der Waals surface area (Å²) in [6, 6.07) is 6.82. The minimum Gasteiger partial charge on any atom is -0.468 e. The van der Waals surface area contributed by atoms with Crippen LogP contribution >= 0.6 is 0 Å². The van der Waals surface area contributed by atoms with Crippen LogP contribution in [-0.4, -0.2) is 26.7 Å². The monoisotopic (exact) mass is 421 g/mol. The Morgan fingerprint density at radius 1 is 1.17 bits per heavy atom. The number of esters is 1. The summed E-state index contributed by atoms with van der Waals surface area (Å²) in [5.74, 6) is 0.576. The van der Waals surface area contributed by atoms with Crippen LogP contribution in [0.2, 0.25) is 0 Å². The molecule has 0 amide bonds. The maximum absolute atomic E-state index is 10.7. The summed E-state index contributed by atoms with van der Waals surface area (Å²) in [6.45, 7) is 3.15. The number of carbonyl (C=O) groups excluding carboxylic acids is 1. The van der Waals surface area contributed by atoms with E-state index in [2.05, 4.69) is 17.4 Å². The molecule has 1 aromatic carbocycles. The van der Waals surface area contributed by atoms with Crippen LogP contribution < -0.4 is 9.47 Å². The van der Waals surface area contributed by atoms with Gasteiger partial charge in [0.15, 0.2) is 12.8 Å². The number of rotatable bonds is 7. The molecule has 0 unspecified atom stereocenters. The molecule has 0 N–H and O–H groups in total. The summed E-state index contributed by atoms with van der Waals surface area (Å²) in [5, 5.41) is 0. The van der Waals surface area contributed by atoms with Gasteiger partial charge in [-0.25, -0.2) is 0 Å².